The number of anilines is 2. The molecule has 0 spiro atoms. The molecule has 4 N–H and O–H groups in total. The third-order valence-electron chi connectivity index (χ3n) is 3.16. The number of amides is 1. The normalized spacial score (nSPS) is 14.6. The predicted molar refractivity (Wildman–Crippen MR) is 79.1 cm³/mol. The topological polar surface area (TPSA) is 76.4 Å². The first-order valence-electron chi connectivity index (χ1n) is 6.29. The van der Waals surface area contributed by atoms with Crippen LogP contribution in [-0.4, -0.2) is 25.6 Å². The Bertz CT molecular complexity index is 480. The zero-order valence-corrected chi connectivity index (χ0v) is 11.8. The molecule has 1 aliphatic carbocycles. The minimum absolute atomic E-state index is 0.192. The summed E-state index contributed by atoms with van der Waals surface area (Å²) < 4.78 is 5.30. The fraction of sp³-hybridized carbons (Fsp3) is 0.462. The first-order chi connectivity index (χ1) is 9.17. The summed E-state index contributed by atoms with van der Waals surface area (Å²) in [4.78, 5) is 12.4. The highest BCUT2D eigenvalue weighted by Gasteiger charge is 2.25. The van der Waals surface area contributed by atoms with Gasteiger partial charge in [0.2, 0.25) is 0 Å². The van der Waals surface area contributed by atoms with Crippen molar-refractivity contribution in [3.63, 3.8) is 0 Å². The van der Waals surface area contributed by atoms with Gasteiger partial charge >= 0.3 is 0 Å². The van der Waals surface area contributed by atoms with Gasteiger partial charge in [0, 0.05) is 12.6 Å². The van der Waals surface area contributed by atoms with Crippen LogP contribution < -0.4 is 21.1 Å². The highest BCUT2D eigenvalue weighted by molar-refractivity contribution is 7.19. The Kier molecular flexibility index (Phi) is 4.31. The van der Waals surface area contributed by atoms with Crippen molar-refractivity contribution >= 4 is 27.9 Å². The van der Waals surface area contributed by atoms with Gasteiger partial charge in [-0.15, -0.1) is 17.9 Å². The Morgan fingerprint density at radius 3 is 2.89 bits per heavy atom. The molecule has 0 aromatic carbocycles. The van der Waals surface area contributed by atoms with Crippen LogP contribution in [0.1, 0.15) is 28.9 Å². The van der Waals surface area contributed by atoms with Crippen molar-refractivity contribution in [2.45, 2.75) is 25.3 Å². The zero-order valence-electron chi connectivity index (χ0n) is 11.0. The molecule has 0 unspecified atom stereocenters. The first kappa shape index (κ1) is 13.7. The Morgan fingerprint density at radius 1 is 1.63 bits per heavy atom. The molecule has 1 aliphatic rings. The van der Waals surface area contributed by atoms with Crippen LogP contribution in [0.2, 0.25) is 0 Å². The van der Waals surface area contributed by atoms with Crippen molar-refractivity contribution in [2.75, 3.05) is 24.7 Å². The Hall–Kier alpha value is -1.69. The van der Waals surface area contributed by atoms with Crippen molar-refractivity contribution in [3.05, 3.63) is 17.5 Å². The van der Waals surface area contributed by atoms with E-state index in [1.54, 1.807) is 13.2 Å². The van der Waals surface area contributed by atoms with Gasteiger partial charge in [-0.2, -0.15) is 0 Å². The third-order valence-corrected chi connectivity index (χ3v) is 4.27. The molecule has 2 rings (SSSR count). The molecular weight excluding hydrogens is 262 g/mol. The highest BCUT2D eigenvalue weighted by Crippen LogP contribution is 2.43. The Morgan fingerprint density at radius 2 is 2.37 bits per heavy atom. The van der Waals surface area contributed by atoms with Crippen molar-refractivity contribution in [1.29, 1.82) is 0 Å². The molecule has 1 fully saturated rings. The van der Waals surface area contributed by atoms with Gasteiger partial charge in [-0.3, -0.25) is 4.79 Å². The number of carbonyl (C=O) groups excluding carboxylic acids is 1. The maximum atomic E-state index is 12.0. The monoisotopic (exact) mass is 281 g/mol. The molecule has 0 bridgehead atoms. The Labute approximate surface area is 116 Å². The first-order valence-corrected chi connectivity index (χ1v) is 7.11. The van der Waals surface area contributed by atoms with Crippen LogP contribution in [0.4, 0.5) is 10.7 Å². The van der Waals surface area contributed by atoms with Gasteiger partial charge in [0.1, 0.15) is 15.6 Å². The van der Waals surface area contributed by atoms with Gasteiger partial charge in [-0.25, -0.2) is 0 Å². The highest BCUT2D eigenvalue weighted by atomic mass is 32.1. The molecule has 1 aromatic heterocycles. The lowest BCUT2D eigenvalue weighted by Gasteiger charge is -2.26. The van der Waals surface area contributed by atoms with E-state index in [0.717, 1.165) is 17.8 Å². The molecule has 1 aromatic rings. The molecule has 1 amide bonds. The fourth-order valence-corrected chi connectivity index (χ4v) is 2.96. The van der Waals surface area contributed by atoms with Gasteiger partial charge < -0.3 is 21.1 Å². The summed E-state index contributed by atoms with van der Waals surface area (Å²) in [6.45, 7) is 3.99. The average Bonchev–Trinajstić information content (AvgIpc) is 2.67. The number of methoxy groups -OCH3 is 1. The van der Waals surface area contributed by atoms with E-state index in [-0.39, 0.29) is 5.91 Å². The number of hydrogen-bond donors (Lipinski definition) is 3. The molecule has 0 atom stereocenters. The lowest BCUT2D eigenvalue weighted by molar-refractivity contribution is 0.0962. The number of carbonyl (C=O) groups is 1. The second-order valence-corrected chi connectivity index (χ2v) is 5.50. The number of rotatable bonds is 6. The maximum absolute atomic E-state index is 12.0. The van der Waals surface area contributed by atoms with Crippen LogP contribution in [-0.2, 0) is 0 Å². The summed E-state index contributed by atoms with van der Waals surface area (Å²) >= 11 is 1.34. The average molecular weight is 281 g/mol. The molecule has 5 nitrogen and oxygen atoms in total. The summed E-state index contributed by atoms with van der Waals surface area (Å²) in [6, 6.07) is 0.469. The van der Waals surface area contributed by atoms with Crippen molar-refractivity contribution in [1.82, 2.24) is 5.32 Å². The van der Waals surface area contributed by atoms with E-state index < -0.39 is 0 Å². The molecule has 6 heteroatoms. The smallest absolute Gasteiger partial charge is 0.263 e. The summed E-state index contributed by atoms with van der Waals surface area (Å²) in [6.07, 6.45) is 5.18. The number of hydrogen-bond acceptors (Lipinski definition) is 5. The largest absolute Gasteiger partial charge is 0.492 e. The van der Waals surface area contributed by atoms with E-state index in [4.69, 9.17) is 10.5 Å². The van der Waals surface area contributed by atoms with Gasteiger partial charge in [-0.1, -0.05) is 6.08 Å². The molecule has 0 radical (unpaired) electrons. The fourth-order valence-electron chi connectivity index (χ4n) is 1.88. The minimum atomic E-state index is -0.192. The second-order valence-electron chi connectivity index (χ2n) is 4.48. The molecule has 1 heterocycles. The second kappa shape index (κ2) is 5.97. The lowest BCUT2D eigenvalue weighted by Crippen LogP contribution is -2.26. The van der Waals surface area contributed by atoms with E-state index in [2.05, 4.69) is 17.2 Å². The molecule has 1 saturated carbocycles. The zero-order chi connectivity index (χ0) is 13.8. The predicted octanol–water partition coefficient (Wildman–Crippen LogP) is 2.22. The van der Waals surface area contributed by atoms with Gasteiger partial charge in [0.15, 0.2) is 5.75 Å². The summed E-state index contributed by atoms with van der Waals surface area (Å²) in [7, 11) is 1.57. The van der Waals surface area contributed by atoms with Gasteiger partial charge in [-0.05, 0) is 19.3 Å². The number of thiophene rings is 1. The number of nitrogens with one attached hydrogen (secondary N) is 2. The molecular formula is C13H19N3O2S. The number of nitrogen functional groups attached to an aromatic ring is 1. The van der Waals surface area contributed by atoms with Gasteiger partial charge in [0.05, 0.1) is 7.11 Å². The van der Waals surface area contributed by atoms with Crippen LogP contribution >= 0.6 is 11.3 Å². The van der Waals surface area contributed by atoms with Crippen molar-refractivity contribution in [3.8, 4) is 5.75 Å². The minimum Gasteiger partial charge on any atom is -0.492 e. The van der Waals surface area contributed by atoms with Crippen LogP contribution in [0.25, 0.3) is 0 Å². The standard InChI is InChI=1S/C13H19N3O2S/c1-3-7-15-12(17)11-9(14)10(18-2)13(19-11)16-8-5-4-6-8/h3,8,16H,1,4-7,14H2,2H3,(H,15,17). The van der Waals surface area contributed by atoms with Gasteiger partial charge in [0.25, 0.3) is 5.91 Å². The summed E-state index contributed by atoms with van der Waals surface area (Å²) in [5, 5.41) is 6.95. The van der Waals surface area contributed by atoms with Crippen LogP contribution in [0.5, 0.6) is 5.75 Å². The summed E-state index contributed by atoms with van der Waals surface area (Å²) in [5.41, 5.74) is 6.38. The maximum Gasteiger partial charge on any atom is 0.263 e. The number of ether oxygens (including phenoxy) is 1. The quantitative estimate of drug-likeness (QED) is 0.699. The molecule has 104 valence electrons. The van der Waals surface area contributed by atoms with Crippen molar-refractivity contribution < 1.29 is 9.53 Å². The van der Waals surface area contributed by atoms with E-state index >= 15 is 0 Å². The van der Waals surface area contributed by atoms with Crippen LogP contribution in [0.3, 0.4) is 0 Å². The molecule has 0 saturated heterocycles. The van der Waals surface area contributed by atoms with Crippen molar-refractivity contribution in [2.24, 2.45) is 0 Å². The third kappa shape index (κ3) is 2.84. The van der Waals surface area contributed by atoms with E-state index in [1.165, 1.54) is 17.8 Å². The van der Waals surface area contributed by atoms with E-state index in [0.29, 0.717) is 28.9 Å². The van der Waals surface area contributed by atoms with Crippen LogP contribution in [0.15, 0.2) is 12.7 Å². The molecule has 0 aliphatic heterocycles. The van der Waals surface area contributed by atoms with Crippen LogP contribution in [0, 0.1) is 0 Å². The van der Waals surface area contributed by atoms with E-state index in [9.17, 15) is 4.79 Å². The molecule has 19 heavy (non-hydrogen) atoms. The Balaban J connectivity index is 2.18. The SMILES string of the molecule is C=CCNC(=O)c1sc(NC2CCC2)c(OC)c1N. The summed E-state index contributed by atoms with van der Waals surface area (Å²) in [5.74, 6) is 0.378. The lowest BCUT2D eigenvalue weighted by atomic mass is 9.93. The number of nitrogens with two attached hydrogens (primary N) is 1. The van der Waals surface area contributed by atoms with E-state index in [1.807, 2.05) is 0 Å².